The standard InChI is InChI=1S/C30H28N2O4/c1-19(22-7-5-4-6-8-22)35-29(34)31-27-20(2)36-32-28(27)25-11-9-23(10-12-25)24-13-15-26(16-14-24)30(17-18-30)21(3)33/h4-16,19,33H,3,17-18H2,1-2H3,(H,31,34)/t19-/m0/s1. The lowest BCUT2D eigenvalue weighted by Crippen LogP contribution is -2.16. The maximum Gasteiger partial charge on any atom is 0.412 e. The van der Waals surface area contributed by atoms with Crippen LogP contribution in [-0.4, -0.2) is 16.4 Å². The third kappa shape index (κ3) is 4.50. The molecule has 1 amide bonds. The molecule has 1 atom stereocenters. The van der Waals surface area contributed by atoms with Gasteiger partial charge in [-0.15, -0.1) is 0 Å². The van der Waals surface area contributed by atoms with Crippen LogP contribution in [0.5, 0.6) is 0 Å². The Labute approximate surface area is 210 Å². The molecule has 0 unspecified atom stereocenters. The van der Waals surface area contributed by atoms with Gasteiger partial charge in [-0.1, -0.05) is 90.6 Å². The summed E-state index contributed by atoms with van der Waals surface area (Å²) < 4.78 is 10.9. The van der Waals surface area contributed by atoms with Crippen molar-refractivity contribution >= 4 is 11.8 Å². The number of amides is 1. The Kier molecular flexibility index (Phi) is 6.10. The Hall–Kier alpha value is -4.32. The van der Waals surface area contributed by atoms with E-state index < -0.39 is 12.2 Å². The molecule has 4 aromatic rings. The number of benzene rings is 3. The second kappa shape index (κ2) is 9.38. The highest BCUT2D eigenvalue weighted by molar-refractivity contribution is 5.91. The van der Waals surface area contributed by atoms with E-state index in [0.29, 0.717) is 17.1 Å². The number of allylic oxidation sites excluding steroid dienone is 1. The van der Waals surface area contributed by atoms with E-state index in [1.165, 1.54) is 0 Å². The van der Waals surface area contributed by atoms with E-state index in [9.17, 15) is 9.90 Å². The fraction of sp³-hybridized carbons (Fsp3) is 0.200. The Bertz CT molecular complexity index is 1390. The number of aromatic nitrogens is 1. The summed E-state index contributed by atoms with van der Waals surface area (Å²) in [4.78, 5) is 12.6. The second-order valence-corrected chi connectivity index (χ2v) is 9.23. The predicted molar refractivity (Wildman–Crippen MR) is 140 cm³/mol. The topological polar surface area (TPSA) is 84.6 Å². The zero-order chi connectivity index (χ0) is 25.3. The van der Waals surface area contributed by atoms with Crippen molar-refractivity contribution in [3.63, 3.8) is 0 Å². The van der Waals surface area contributed by atoms with Gasteiger partial charge in [-0.2, -0.15) is 0 Å². The predicted octanol–water partition coefficient (Wildman–Crippen LogP) is 7.73. The van der Waals surface area contributed by atoms with Crippen molar-refractivity contribution in [1.29, 1.82) is 0 Å². The molecule has 182 valence electrons. The van der Waals surface area contributed by atoms with Gasteiger partial charge in [0.2, 0.25) is 0 Å². The van der Waals surface area contributed by atoms with Crippen LogP contribution < -0.4 is 5.32 Å². The molecular formula is C30H28N2O4. The highest BCUT2D eigenvalue weighted by Gasteiger charge is 2.47. The van der Waals surface area contributed by atoms with Gasteiger partial charge in [-0.25, -0.2) is 4.79 Å². The lowest BCUT2D eigenvalue weighted by molar-refractivity contribution is 0.121. The highest BCUT2D eigenvalue weighted by Crippen LogP contribution is 2.52. The van der Waals surface area contributed by atoms with Gasteiger partial charge in [0.15, 0.2) is 5.76 Å². The maximum atomic E-state index is 12.6. The van der Waals surface area contributed by atoms with Crippen molar-refractivity contribution < 1.29 is 19.2 Å². The van der Waals surface area contributed by atoms with E-state index in [1.807, 2.05) is 61.5 Å². The highest BCUT2D eigenvalue weighted by atomic mass is 16.6. The van der Waals surface area contributed by atoms with Crippen LogP contribution in [0.4, 0.5) is 10.5 Å². The third-order valence-corrected chi connectivity index (χ3v) is 6.87. The molecule has 2 N–H and O–H groups in total. The van der Waals surface area contributed by atoms with Gasteiger partial charge < -0.3 is 14.4 Å². The Morgan fingerprint density at radius 3 is 2.17 bits per heavy atom. The summed E-state index contributed by atoms with van der Waals surface area (Å²) in [6, 6.07) is 25.7. The van der Waals surface area contributed by atoms with Gasteiger partial charge in [0.05, 0.1) is 11.2 Å². The van der Waals surface area contributed by atoms with Gasteiger partial charge in [0.1, 0.15) is 17.5 Å². The van der Waals surface area contributed by atoms with Crippen LogP contribution >= 0.6 is 0 Å². The van der Waals surface area contributed by atoms with Crippen molar-refractivity contribution in [2.75, 3.05) is 5.32 Å². The number of aryl methyl sites for hydroxylation is 1. The van der Waals surface area contributed by atoms with Crippen molar-refractivity contribution in [2.45, 2.75) is 38.2 Å². The molecule has 0 saturated heterocycles. The molecule has 1 aromatic heterocycles. The number of anilines is 1. The molecule has 0 radical (unpaired) electrons. The molecule has 0 aliphatic heterocycles. The zero-order valence-electron chi connectivity index (χ0n) is 20.3. The number of hydrogen-bond donors (Lipinski definition) is 2. The normalized spacial score (nSPS) is 14.6. The largest absolute Gasteiger partial charge is 0.512 e. The molecule has 1 fully saturated rings. The number of ether oxygens (including phenoxy) is 1. The SMILES string of the molecule is C=C(O)C1(c2ccc(-c3ccc(-c4noc(C)c4NC(=O)O[C@@H](C)c4ccccc4)cc3)cc2)CC1. The minimum Gasteiger partial charge on any atom is -0.512 e. The van der Waals surface area contributed by atoms with Crippen LogP contribution in [0.1, 0.15) is 42.8 Å². The second-order valence-electron chi connectivity index (χ2n) is 9.23. The molecule has 0 bridgehead atoms. The summed E-state index contributed by atoms with van der Waals surface area (Å²) in [6.45, 7) is 7.32. The minimum absolute atomic E-state index is 0.241. The van der Waals surface area contributed by atoms with E-state index in [4.69, 9.17) is 9.26 Å². The fourth-order valence-corrected chi connectivity index (χ4v) is 4.47. The lowest BCUT2D eigenvalue weighted by atomic mass is 9.92. The van der Waals surface area contributed by atoms with Gasteiger partial charge in [-0.3, -0.25) is 5.32 Å². The molecular weight excluding hydrogens is 452 g/mol. The molecule has 3 aromatic carbocycles. The first kappa shape index (κ1) is 23.4. The molecule has 1 saturated carbocycles. The average Bonchev–Trinajstić information content (AvgIpc) is 3.64. The molecule has 36 heavy (non-hydrogen) atoms. The number of carbonyl (C=O) groups is 1. The number of nitrogens with zero attached hydrogens (tertiary/aromatic N) is 1. The lowest BCUT2D eigenvalue weighted by Gasteiger charge is -2.15. The Balaban J connectivity index is 1.30. The third-order valence-electron chi connectivity index (χ3n) is 6.87. The Morgan fingerprint density at radius 2 is 1.58 bits per heavy atom. The average molecular weight is 481 g/mol. The molecule has 0 spiro atoms. The van der Waals surface area contributed by atoms with Crippen LogP contribution in [-0.2, 0) is 10.2 Å². The summed E-state index contributed by atoms with van der Waals surface area (Å²) in [5.41, 5.74) is 5.68. The van der Waals surface area contributed by atoms with E-state index in [1.54, 1.807) is 6.92 Å². The first-order valence-corrected chi connectivity index (χ1v) is 12.0. The van der Waals surface area contributed by atoms with Gasteiger partial charge in [0, 0.05) is 5.56 Å². The summed E-state index contributed by atoms with van der Waals surface area (Å²) in [7, 11) is 0. The van der Waals surface area contributed by atoms with Crippen LogP contribution in [0.15, 0.2) is 95.7 Å². The van der Waals surface area contributed by atoms with Gasteiger partial charge >= 0.3 is 6.09 Å². The number of hydrogen-bond acceptors (Lipinski definition) is 5. The number of aliphatic hydroxyl groups is 1. The summed E-state index contributed by atoms with van der Waals surface area (Å²) >= 11 is 0. The molecule has 1 aliphatic carbocycles. The van der Waals surface area contributed by atoms with Crippen molar-refractivity contribution in [3.8, 4) is 22.4 Å². The van der Waals surface area contributed by atoms with Crippen molar-refractivity contribution in [2.24, 2.45) is 0 Å². The molecule has 6 heteroatoms. The van der Waals surface area contributed by atoms with E-state index in [-0.39, 0.29) is 11.2 Å². The Morgan fingerprint density at radius 1 is 1.00 bits per heavy atom. The van der Waals surface area contributed by atoms with E-state index >= 15 is 0 Å². The molecule has 1 aliphatic rings. The quantitative estimate of drug-likeness (QED) is 0.264. The number of rotatable bonds is 7. The monoisotopic (exact) mass is 480 g/mol. The minimum atomic E-state index is -0.574. The number of carbonyl (C=O) groups excluding carboxylic acids is 1. The van der Waals surface area contributed by atoms with Crippen LogP contribution in [0.3, 0.4) is 0 Å². The van der Waals surface area contributed by atoms with Crippen molar-refractivity contribution in [3.05, 3.63) is 108 Å². The summed E-state index contributed by atoms with van der Waals surface area (Å²) in [5.74, 6) is 0.735. The zero-order valence-corrected chi connectivity index (χ0v) is 20.3. The van der Waals surface area contributed by atoms with Crippen LogP contribution in [0.25, 0.3) is 22.4 Å². The maximum absolute atomic E-state index is 12.6. The fourth-order valence-electron chi connectivity index (χ4n) is 4.47. The van der Waals surface area contributed by atoms with Crippen molar-refractivity contribution in [1.82, 2.24) is 5.16 Å². The molecule has 6 nitrogen and oxygen atoms in total. The molecule has 1 heterocycles. The summed E-state index contributed by atoms with van der Waals surface area (Å²) in [6.07, 6.45) is 0.894. The smallest absolute Gasteiger partial charge is 0.412 e. The van der Waals surface area contributed by atoms with E-state index in [2.05, 4.69) is 41.3 Å². The number of nitrogens with one attached hydrogen (secondary N) is 1. The van der Waals surface area contributed by atoms with Crippen LogP contribution in [0.2, 0.25) is 0 Å². The first-order valence-electron chi connectivity index (χ1n) is 12.0. The molecule has 5 rings (SSSR count). The summed E-state index contributed by atoms with van der Waals surface area (Å²) in [5, 5.41) is 16.9. The first-order chi connectivity index (χ1) is 17.4. The number of aliphatic hydroxyl groups excluding tert-OH is 1. The van der Waals surface area contributed by atoms with Gasteiger partial charge in [0.25, 0.3) is 0 Å². The van der Waals surface area contributed by atoms with E-state index in [0.717, 1.165) is 40.7 Å². The van der Waals surface area contributed by atoms with Crippen LogP contribution in [0, 0.1) is 6.92 Å². The van der Waals surface area contributed by atoms with Gasteiger partial charge in [-0.05, 0) is 48.9 Å².